The number of morpholine rings is 1. The van der Waals surface area contributed by atoms with Gasteiger partial charge >= 0.3 is 6.03 Å². The number of benzene rings is 1. The lowest BCUT2D eigenvalue weighted by Crippen LogP contribution is -2.43. The van der Waals surface area contributed by atoms with Crippen LogP contribution in [-0.2, 0) is 11.3 Å². The molecule has 2 bridgehead atoms. The van der Waals surface area contributed by atoms with E-state index in [1.807, 2.05) is 35.1 Å². The lowest BCUT2D eigenvalue weighted by Gasteiger charge is -2.33. The molecule has 10 heteroatoms. The molecule has 0 radical (unpaired) electrons. The molecule has 3 aliphatic heterocycles. The minimum Gasteiger partial charge on any atom is -0.371 e. The van der Waals surface area contributed by atoms with E-state index in [-0.39, 0.29) is 18.2 Å². The summed E-state index contributed by atoms with van der Waals surface area (Å²) in [6.45, 7) is 7.39. The first kappa shape index (κ1) is 24.1. The van der Waals surface area contributed by atoms with Gasteiger partial charge in [0.2, 0.25) is 0 Å². The van der Waals surface area contributed by atoms with E-state index in [9.17, 15) is 4.79 Å². The fraction of sp³-hybridized carbons (Fsp3) is 0.556. The van der Waals surface area contributed by atoms with Crippen molar-refractivity contribution in [2.24, 2.45) is 5.92 Å². The Morgan fingerprint density at radius 3 is 2.49 bits per heavy atom. The monoisotopic (exact) mass is 504 g/mol. The van der Waals surface area contributed by atoms with Gasteiger partial charge in [0.15, 0.2) is 11.5 Å². The van der Waals surface area contributed by atoms with Gasteiger partial charge in [-0.15, -0.1) is 0 Å². The molecule has 1 aromatic carbocycles. The van der Waals surface area contributed by atoms with E-state index in [2.05, 4.69) is 39.5 Å². The highest BCUT2D eigenvalue weighted by molar-refractivity contribution is 5.90. The number of hydrogen-bond acceptors (Lipinski definition) is 7. The predicted octanol–water partition coefficient (Wildman–Crippen LogP) is 3.34. The number of amides is 2. The Labute approximate surface area is 217 Å². The van der Waals surface area contributed by atoms with Gasteiger partial charge in [0.25, 0.3) is 0 Å². The number of carbonyl (C=O) groups excluding carboxylic acids is 1. The van der Waals surface area contributed by atoms with Gasteiger partial charge in [0, 0.05) is 37.4 Å². The van der Waals surface area contributed by atoms with E-state index in [0.717, 1.165) is 86.5 Å². The van der Waals surface area contributed by atoms with Crippen LogP contribution in [-0.4, -0.2) is 82.7 Å². The quantitative estimate of drug-likeness (QED) is 0.531. The summed E-state index contributed by atoms with van der Waals surface area (Å²) in [5.74, 6) is 2.13. The van der Waals surface area contributed by atoms with Gasteiger partial charge in [-0.1, -0.05) is 0 Å². The molecule has 0 saturated carbocycles. The SMILES string of the molecule is CCn1ncc2c(N3CC4CCC(C3)O4)nc(-c3ccc(NC(=O)NCC4CCN(C)CC4)cc3)nc21. The maximum absolute atomic E-state index is 12.5. The third-order valence-corrected chi connectivity index (χ3v) is 7.91. The first-order valence-corrected chi connectivity index (χ1v) is 13.5. The molecule has 3 aliphatic rings. The van der Waals surface area contributed by atoms with Crippen LogP contribution in [0.3, 0.4) is 0 Å². The van der Waals surface area contributed by atoms with Crippen LogP contribution >= 0.6 is 0 Å². The molecule has 0 aliphatic carbocycles. The average molecular weight is 505 g/mol. The molecule has 5 heterocycles. The lowest BCUT2D eigenvalue weighted by atomic mass is 9.97. The zero-order valence-electron chi connectivity index (χ0n) is 21.7. The highest BCUT2D eigenvalue weighted by atomic mass is 16.5. The number of urea groups is 1. The van der Waals surface area contributed by atoms with Crippen LogP contribution in [0, 0.1) is 5.92 Å². The topological polar surface area (TPSA) is 100 Å². The number of rotatable bonds is 6. The summed E-state index contributed by atoms with van der Waals surface area (Å²) in [7, 11) is 2.15. The molecule has 10 nitrogen and oxygen atoms in total. The number of anilines is 2. The van der Waals surface area contributed by atoms with Crippen molar-refractivity contribution < 1.29 is 9.53 Å². The van der Waals surface area contributed by atoms with Crippen molar-refractivity contribution in [1.29, 1.82) is 0 Å². The van der Waals surface area contributed by atoms with Gasteiger partial charge < -0.3 is 25.2 Å². The Morgan fingerprint density at radius 1 is 1.05 bits per heavy atom. The summed E-state index contributed by atoms with van der Waals surface area (Å²) in [5.41, 5.74) is 2.49. The Kier molecular flexibility index (Phi) is 6.69. The third kappa shape index (κ3) is 5.13. The average Bonchev–Trinajstić information content (AvgIpc) is 3.49. The van der Waals surface area contributed by atoms with Crippen LogP contribution in [0.15, 0.2) is 30.5 Å². The number of aryl methyl sites for hydroxylation is 1. The van der Waals surface area contributed by atoms with Crippen LogP contribution in [0.4, 0.5) is 16.3 Å². The van der Waals surface area contributed by atoms with Crippen molar-refractivity contribution in [2.75, 3.05) is 50.0 Å². The van der Waals surface area contributed by atoms with E-state index in [1.54, 1.807) is 0 Å². The summed E-state index contributed by atoms with van der Waals surface area (Å²) in [6.07, 6.45) is 6.88. The zero-order valence-corrected chi connectivity index (χ0v) is 21.7. The van der Waals surface area contributed by atoms with Crippen LogP contribution in [0.2, 0.25) is 0 Å². The Morgan fingerprint density at radius 2 is 1.78 bits per heavy atom. The first-order chi connectivity index (χ1) is 18.1. The molecule has 3 saturated heterocycles. The molecule has 3 aromatic rings. The number of nitrogens with zero attached hydrogens (tertiary/aromatic N) is 6. The minimum atomic E-state index is -0.166. The van der Waals surface area contributed by atoms with Crippen molar-refractivity contribution >= 4 is 28.6 Å². The van der Waals surface area contributed by atoms with Crippen molar-refractivity contribution in [3.63, 3.8) is 0 Å². The van der Waals surface area contributed by atoms with E-state index < -0.39 is 0 Å². The molecule has 2 amide bonds. The van der Waals surface area contributed by atoms with E-state index >= 15 is 0 Å². The normalized spacial score (nSPS) is 22.5. The minimum absolute atomic E-state index is 0.166. The van der Waals surface area contributed by atoms with Crippen molar-refractivity contribution in [3.8, 4) is 11.4 Å². The maximum Gasteiger partial charge on any atom is 0.319 e. The highest BCUT2D eigenvalue weighted by Gasteiger charge is 2.35. The van der Waals surface area contributed by atoms with Crippen molar-refractivity contribution in [2.45, 2.75) is 51.4 Å². The summed E-state index contributed by atoms with van der Waals surface area (Å²) >= 11 is 0. The van der Waals surface area contributed by atoms with Crippen molar-refractivity contribution in [1.82, 2.24) is 30.0 Å². The number of nitrogens with one attached hydrogen (secondary N) is 2. The van der Waals surface area contributed by atoms with E-state index in [4.69, 9.17) is 14.7 Å². The molecule has 2 atom stereocenters. The predicted molar refractivity (Wildman–Crippen MR) is 144 cm³/mol. The number of likely N-dealkylation sites (tertiary alicyclic amines) is 1. The number of piperidine rings is 1. The third-order valence-electron chi connectivity index (χ3n) is 7.91. The molecule has 2 aromatic heterocycles. The van der Waals surface area contributed by atoms with Crippen LogP contribution in [0.25, 0.3) is 22.4 Å². The molecule has 2 unspecified atom stereocenters. The zero-order chi connectivity index (χ0) is 25.4. The second-order valence-corrected chi connectivity index (χ2v) is 10.6. The lowest BCUT2D eigenvalue weighted by molar-refractivity contribution is 0.0303. The molecule has 37 heavy (non-hydrogen) atoms. The second-order valence-electron chi connectivity index (χ2n) is 10.6. The molecule has 2 N–H and O–H groups in total. The van der Waals surface area contributed by atoms with Crippen LogP contribution in [0.5, 0.6) is 0 Å². The van der Waals surface area contributed by atoms with Crippen LogP contribution < -0.4 is 15.5 Å². The second kappa shape index (κ2) is 10.3. The largest absolute Gasteiger partial charge is 0.371 e. The van der Waals surface area contributed by atoms with Crippen molar-refractivity contribution in [3.05, 3.63) is 30.5 Å². The Hall–Kier alpha value is -3.24. The molecule has 3 fully saturated rings. The molecular formula is C27H36N8O2. The smallest absolute Gasteiger partial charge is 0.319 e. The highest BCUT2D eigenvalue weighted by Crippen LogP contribution is 2.33. The van der Waals surface area contributed by atoms with Gasteiger partial charge in [0.05, 0.1) is 23.8 Å². The standard InChI is InChI=1S/C27H36N8O2/c1-3-35-26-23(15-29-35)25(34-16-21-8-9-22(17-34)37-21)31-24(32-26)19-4-6-20(7-5-19)30-27(36)28-14-18-10-12-33(2)13-11-18/h4-7,15,18,21-22H,3,8-14,16-17H2,1-2H3,(H2,28,30,36). The Bertz CT molecular complexity index is 1240. The van der Waals surface area contributed by atoms with Gasteiger partial charge in [-0.2, -0.15) is 5.10 Å². The number of carbonyl (C=O) groups is 1. The van der Waals surface area contributed by atoms with Gasteiger partial charge in [-0.05, 0) is 82.9 Å². The number of fused-ring (bicyclic) bond motifs is 3. The maximum atomic E-state index is 12.5. The Balaban J connectivity index is 1.18. The molecular weight excluding hydrogens is 468 g/mol. The number of hydrogen-bond donors (Lipinski definition) is 2. The van der Waals surface area contributed by atoms with E-state index in [1.165, 1.54) is 0 Å². The summed E-state index contributed by atoms with van der Waals surface area (Å²) < 4.78 is 7.98. The summed E-state index contributed by atoms with van der Waals surface area (Å²) in [4.78, 5) is 27.0. The fourth-order valence-corrected chi connectivity index (χ4v) is 5.71. The van der Waals surface area contributed by atoms with Crippen LogP contribution in [0.1, 0.15) is 32.6 Å². The molecule has 6 rings (SSSR count). The fourth-order valence-electron chi connectivity index (χ4n) is 5.71. The number of ether oxygens (including phenoxy) is 1. The molecule has 0 spiro atoms. The first-order valence-electron chi connectivity index (χ1n) is 13.5. The van der Waals surface area contributed by atoms with Gasteiger partial charge in [-0.25, -0.2) is 19.4 Å². The van der Waals surface area contributed by atoms with Gasteiger partial charge in [0.1, 0.15) is 5.82 Å². The summed E-state index contributed by atoms with van der Waals surface area (Å²) in [5, 5.41) is 11.5. The number of aromatic nitrogens is 4. The van der Waals surface area contributed by atoms with E-state index in [0.29, 0.717) is 18.3 Å². The molecule has 196 valence electrons. The van der Waals surface area contributed by atoms with Gasteiger partial charge in [-0.3, -0.25) is 0 Å². The summed E-state index contributed by atoms with van der Waals surface area (Å²) in [6, 6.07) is 7.58.